The normalized spacial score (nSPS) is 15.6. The number of hydrogen-bond donors (Lipinski definition) is 1. The molecule has 32 heavy (non-hydrogen) atoms. The van der Waals surface area contributed by atoms with Crippen molar-refractivity contribution in [1.29, 1.82) is 0 Å². The Morgan fingerprint density at radius 3 is 2.38 bits per heavy atom. The zero-order valence-corrected chi connectivity index (χ0v) is 19.1. The van der Waals surface area contributed by atoms with Crippen LogP contribution in [0, 0.1) is 6.92 Å². The van der Waals surface area contributed by atoms with E-state index in [0.717, 1.165) is 27.9 Å². The van der Waals surface area contributed by atoms with Gasteiger partial charge in [-0.1, -0.05) is 70.5 Å². The van der Waals surface area contributed by atoms with Gasteiger partial charge in [-0.05, 0) is 42.3 Å². The summed E-state index contributed by atoms with van der Waals surface area (Å²) < 4.78 is 1.04. The van der Waals surface area contributed by atoms with Crippen LogP contribution in [-0.4, -0.2) is 20.8 Å². The third-order valence-electron chi connectivity index (χ3n) is 5.49. The molecule has 0 aliphatic carbocycles. The number of aromatic nitrogens is 2. The Hall–Kier alpha value is -3.51. The van der Waals surface area contributed by atoms with Crippen LogP contribution < -0.4 is 5.01 Å². The summed E-state index contributed by atoms with van der Waals surface area (Å²) in [5, 5.41) is 17.3. The summed E-state index contributed by atoms with van der Waals surface area (Å²) in [5.41, 5.74) is 4.68. The molecule has 158 valence electrons. The van der Waals surface area contributed by atoms with Gasteiger partial charge in [-0.3, -0.25) is 0 Å². The lowest BCUT2D eigenvalue weighted by atomic mass is 9.98. The molecule has 4 aromatic rings. The Bertz CT molecular complexity index is 1290. The number of phenols is 1. The molecule has 1 atom stereocenters. The first kappa shape index (κ1) is 20.4. The first-order chi connectivity index (χ1) is 15.6. The van der Waals surface area contributed by atoms with Crippen molar-refractivity contribution in [1.82, 2.24) is 9.97 Å². The van der Waals surface area contributed by atoms with Crippen LogP contribution in [0.15, 0.2) is 94.5 Å². The average molecular weight is 485 g/mol. The highest BCUT2D eigenvalue weighted by Crippen LogP contribution is 2.37. The lowest BCUT2D eigenvalue weighted by Gasteiger charge is -2.23. The molecule has 5 nitrogen and oxygen atoms in total. The second-order valence-corrected chi connectivity index (χ2v) is 8.65. The Balaban J connectivity index is 1.61. The van der Waals surface area contributed by atoms with E-state index in [1.54, 1.807) is 12.1 Å². The van der Waals surface area contributed by atoms with Gasteiger partial charge in [-0.25, -0.2) is 15.0 Å². The van der Waals surface area contributed by atoms with E-state index in [4.69, 9.17) is 10.1 Å². The molecular weight excluding hydrogens is 464 g/mol. The second kappa shape index (κ2) is 8.55. The minimum Gasteiger partial charge on any atom is -0.507 e. The van der Waals surface area contributed by atoms with Crippen molar-refractivity contribution in [2.45, 2.75) is 19.4 Å². The van der Waals surface area contributed by atoms with Crippen molar-refractivity contribution in [2.24, 2.45) is 5.10 Å². The van der Waals surface area contributed by atoms with Crippen LogP contribution in [0.3, 0.4) is 0 Å². The highest BCUT2D eigenvalue weighted by molar-refractivity contribution is 9.10. The number of anilines is 1. The van der Waals surface area contributed by atoms with E-state index < -0.39 is 0 Å². The summed E-state index contributed by atoms with van der Waals surface area (Å²) in [7, 11) is 0. The fourth-order valence-electron chi connectivity index (χ4n) is 3.93. The number of para-hydroxylation sites is 1. The molecule has 3 aromatic carbocycles. The molecule has 1 aliphatic heterocycles. The Morgan fingerprint density at radius 2 is 1.62 bits per heavy atom. The molecule has 0 spiro atoms. The lowest BCUT2D eigenvalue weighted by Crippen LogP contribution is -2.20. The quantitative estimate of drug-likeness (QED) is 0.370. The predicted molar refractivity (Wildman–Crippen MR) is 131 cm³/mol. The molecule has 0 saturated carbocycles. The summed E-state index contributed by atoms with van der Waals surface area (Å²) in [4.78, 5) is 9.37. The van der Waals surface area contributed by atoms with E-state index in [9.17, 15) is 5.11 Å². The topological polar surface area (TPSA) is 61.6 Å². The maximum atomic E-state index is 10.3. The van der Waals surface area contributed by atoms with Crippen LogP contribution >= 0.6 is 15.9 Å². The molecule has 0 fully saturated rings. The molecular formula is C26H21BrN4O. The molecule has 2 heterocycles. The molecule has 0 amide bonds. The number of hydrogen-bond acceptors (Lipinski definition) is 5. The van der Waals surface area contributed by atoms with Crippen LogP contribution in [0.1, 0.15) is 29.3 Å². The maximum Gasteiger partial charge on any atom is 0.165 e. The zero-order valence-electron chi connectivity index (χ0n) is 17.5. The van der Waals surface area contributed by atoms with Crippen molar-refractivity contribution in [3.63, 3.8) is 0 Å². The summed E-state index contributed by atoms with van der Waals surface area (Å²) in [6.07, 6.45) is 0.765. The Labute approximate surface area is 195 Å². The molecule has 1 aliphatic rings. The number of rotatable bonds is 4. The number of aromatic hydroxyl groups is 1. The zero-order chi connectivity index (χ0) is 22.1. The van der Waals surface area contributed by atoms with Crippen molar-refractivity contribution in [3.05, 3.63) is 106 Å². The molecule has 1 N–H and O–H groups in total. The summed E-state index contributed by atoms with van der Waals surface area (Å²) in [5.74, 6) is 1.35. The molecule has 5 rings (SSSR count). The van der Waals surface area contributed by atoms with Crippen LogP contribution in [0.25, 0.3) is 11.4 Å². The Morgan fingerprint density at radius 1 is 0.906 bits per heavy atom. The van der Waals surface area contributed by atoms with E-state index in [1.807, 2.05) is 60.5 Å². The molecule has 0 saturated heterocycles. The second-order valence-electron chi connectivity index (χ2n) is 7.74. The number of phenolic OH excluding ortho intramolecular Hbond substituents is 1. The SMILES string of the molecule is Cc1cc(N2N=C(c3ccc(Br)cc3)C[C@H]2c2ccccc2)nc(-c2ccccc2O)n1. The molecule has 0 unspecified atom stereocenters. The standard InChI is InChI=1S/C26H21BrN4O/c1-17-15-25(29-26(28-17)21-9-5-6-10-24(21)32)31-23(19-7-3-2-4-8-19)16-22(30-31)18-11-13-20(27)14-12-18/h2-15,23,32H,16H2,1H3/t23-/m0/s1. The van der Waals surface area contributed by atoms with Gasteiger partial charge < -0.3 is 5.11 Å². The van der Waals surface area contributed by atoms with Gasteiger partial charge in [0.1, 0.15) is 5.75 Å². The molecule has 0 bridgehead atoms. The number of halogens is 1. The van der Waals surface area contributed by atoms with E-state index in [2.05, 4.69) is 45.2 Å². The minimum absolute atomic E-state index is 0.0152. The van der Waals surface area contributed by atoms with Gasteiger partial charge in [0, 0.05) is 22.7 Å². The van der Waals surface area contributed by atoms with E-state index in [0.29, 0.717) is 17.2 Å². The third-order valence-corrected chi connectivity index (χ3v) is 6.02. The third kappa shape index (κ3) is 4.01. The number of nitrogens with zero attached hydrogens (tertiary/aromatic N) is 4. The monoisotopic (exact) mass is 484 g/mol. The van der Waals surface area contributed by atoms with Gasteiger partial charge in [0.25, 0.3) is 0 Å². The first-order valence-corrected chi connectivity index (χ1v) is 11.2. The fourth-order valence-corrected chi connectivity index (χ4v) is 4.19. The fraction of sp³-hybridized carbons (Fsp3) is 0.115. The molecule has 1 aromatic heterocycles. The van der Waals surface area contributed by atoms with Gasteiger partial charge in [0.2, 0.25) is 0 Å². The largest absolute Gasteiger partial charge is 0.507 e. The lowest BCUT2D eigenvalue weighted by molar-refractivity contribution is 0.477. The number of benzene rings is 3. The predicted octanol–water partition coefficient (Wildman–Crippen LogP) is 6.28. The summed E-state index contributed by atoms with van der Waals surface area (Å²) >= 11 is 3.51. The average Bonchev–Trinajstić information content (AvgIpc) is 3.26. The van der Waals surface area contributed by atoms with Crippen LogP contribution in [0.2, 0.25) is 0 Å². The van der Waals surface area contributed by atoms with E-state index in [-0.39, 0.29) is 11.8 Å². The highest BCUT2D eigenvalue weighted by Gasteiger charge is 2.31. The van der Waals surface area contributed by atoms with Crippen molar-refractivity contribution >= 4 is 27.5 Å². The maximum absolute atomic E-state index is 10.3. The number of hydrazone groups is 1. The van der Waals surface area contributed by atoms with Crippen molar-refractivity contribution in [2.75, 3.05) is 5.01 Å². The van der Waals surface area contributed by atoms with Crippen LogP contribution in [-0.2, 0) is 0 Å². The van der Waals surface area contributed by atoms with Crippen LogP contribution in [0.4, 0.5) is 5.82 Å². The molecule has 0 radical (unpaired) electrons. The van der Waals surface area contributed by atoms with Gasteiger partial charge in [0.05, 0.1) is 17.3 Å². The number of aryl methyl sites for hydroxylation is 1. The van der Waals surface area contributed by atoms with Gasteiger partial charge >= 0.3 is 0 Å². The Kier molecular flexibility index (Phi) is 5.45. The summed E-state index contributed by atoms with van der Waals surface area (Å²) in [6.45, 7) is 1.93. The van der Waals surface area contributed by atoms with Gasteiger partial charge in [-0.2, -0.15) is 5.10 Å². The molecule has 6 heteroatoms. The van der Waals surface area contributed by atoms with E-state index in [1.165, 1.54) is 5.56 Å². The summed E-state index contributed by atoms with van der Waals surface area (Å²) in [6, 6.07) is 27.6. The smallest absolute Gasteiger partial charge is 0.165 e. The van der Waals surface area contributed by atoms with Crippen molar-refractivity contribution < 1.29 is 5.11 Å². The van der Waals surface area contributed by atoms with Crippen molar-refractivity contribution in [3.8, 4) is 17.1 Å². The van der Waals surface area contributed by atoms with Crippen LogP contribution in [0.5, 0.6) is 5.75 Å². The minimum atomic E-state index is 0.0152. The highest BCUT2D eigenvalue weighted by atomic mass is 79.9. The first-order valence-electron chi connectivity index (χ1n) is 10.4. The van der Waals surface area contributed by atoms with Gasteiger partial charge in [0.15, 0.2) is 11.6 Å². The van der Waals surface area contributed by atoms with E-state index >= 15 is 0 Å². The van der Waals surface area contributed by atoms with Gasteiger partial charge in [-0.15, -0.1) is 0 Å².